The van der Waals surface area contributed by atoms with Gasteiger partial charge in [0.2, 0.25) is 0 Å². The van der Waals surface area contributed by atoms with Crippen LogP contribution in [0.5, 0.6) is 5.75 Å². The first kappa shape index (κ1) is 13.7. The molecule has 2 unspecified atom stereocenters. The third kappa shape index (κ3) is 2.81. The molecule has 0 radical (unpaired) electrons. The molecule has 0 aromatic heterocycles. The molecule has 1 fully saturated rings. The molecule has 1 aromatic carbocycles. The molecule has 100 valence electrons. The van der Waals surface area contributed by atoms with Crippen molar-refractivity contribution in [3.63, 3.8) is 0 Å². The Morgan fingerprint density at radius 2 is 2.06 bits per heavy atom. The van der Waals surface area contributed by atoms with Gasteiger partial charge in [-0.2, -0.15) is 0 Å². The Balaban J connectivity index is 2.15. The first-order chi connectivity index (χ1) is 8.54. The van der Waals surface area contributed by atoms with Gasteiger partial charge in [0, 0.05) is 6.04 Å². The maximum Gasteiger partial charge on any atom is 0.138 e. The highest BCUT2D eigenvalue weighted by Gasteiger charge is 2.39. The van der Waals surface area contributed by atoms with E-state index in [-0.39, 0.29) is 11.5 Å². The van der Waals surface area contributed by atoms with E-state index in [0.29, 0.717) is 11.1 Å². The van der Waals surface area contributed by atoms with Gasteiger partial charge in [0.15, 0.2) is 0 Å². The second-order valence-corrected chi connectivity index (χ2v) is 6.14. The van der Waals surface area contributed by atoms with Crippen LogP contribution < -0.4 is 10.1 Å². The van der Waals surface area contributed by atoms with Crippen LogP contribution in [0.3, 0.4) is 0 Å². The second kappa shape index (κ2) is 5.50. The Kier molecular flexibility index (Phi) is 4.18. The third-order valence-corrected chi connectivity index (χ3v) is 4.26. The monoisotopic (exact) mass is 267 g/mol. The molecule has 1 N–H and O–H groups in total. The predicted octanol–water partition coefficient (Wildman–Crippen LogP) is 3.89. The van der Waals surface area contributed by atoms with E-state index in [0.717, 1.165) is 12.2 Å². The molecule has 18 heavy (non-hydrogen) atoms. The van der Waals surface area contributed by atoms with Crippen LogP contribution in [0.25, 0.3) is 0 Å². The van der Waals surface area contributed by atoms with E-state index in [2.05, 4.69) is 19.2 Å². The maximum atomic E-state index is 6.16. The highest BCUT2D eigenvalue weighted by atomic mass is 35.5. The Labute approximate surface area is 115 Å². The molecule has 2 atom stereocenters. The van der Waals surface area contributed by atoms with E-state index in [1.54, 1.807) is 0 Å². The molecule has 0 aliphatic heterocycles. The van der Waals surface area contributed by atoms with Crippen molar-refractivity contribution in [2.45, 2.75) is 45.3 Å². The van der Waals surface area contributed by atoms with Crippen molar-refractivity contribution in [1.82, 2.24) is 5.32 Å². The molecule has 0 spiro atoms. The molecular weight excluding hydrogens is 246 g/mol. The zero-order valence-electron chi connectivity index (χ0n) is 11.4. The molecule has 0 heterocycles. The number of benzene rings is 1. The first-order valence-electron chi connectivity index (χ1n) is 6.63. The van der Waals surface area contributed by atoms with Gasteiger partial charge in [-0.25, -0.2) is 0 Å². The van der Waals surface area contributed by atoms with Gasteiger partial charge in [0.05, 0.1) is 5.02 Å². The SMILES string of the molecule is CNC1C(Oc2ccccc2Cl)CCCC1(C)C. The van der Waals surface area contributed by atoms with E-state index in [1.807, 2.05) is 31.3 Å². The molecule has 1 saturated carbocycles. The molecule has 1 aliphatic rings. The topological polar surface area (TPSA) is 21.3 Å². The highest BCUT2D eigenvalue weighted by Crippen LogP contribution is 2.38. The van der Waals surface area contributed by atoms with Crippen LogP contribution in [0, 0.1) is 5.41 Å². The van der Waals surface area contributed by atoms with Gasteiger partial charge >= 0.3 is 0 Å². The van der Waals surface area contributed by atoms with Gasteiger partial charge in [-0.15, -0.1) is 0 Å². The average molecular weight is 268 g/mol. The number of nitrogens with one attached hydrogen (secondary N) is 1. The Morgan fingerprint density at radius 3 is 2.72 bits per heavy atom. The van der Waals surface area contributed by atoms with E-state index in [1.165, 1.54) is 12.8 Å². The van der Waals surface area contributed by atoms with Crippen LogP contribution in [-0.4, -0.2) is 19.2 Å². The number of halogens is 1. The van der Waals surface area contributed by atoms with Crippen molar-refractivity contribution in [2.75, 3.05) is 7.05 Å². The summed E-state index contributed by atoms with van der Waals surface area (Å²) in [6, 6.07) is 8.07. The fourth-order valence-electron chi connectivity index (χ4n) is 2.99. The minimum Gasteiger partial charge on any atom is -0.487 e. The van der Waals surface area contributed by atoms with Crippen LogP contribution in [0.1, 0.15) is 33.1 Å². The zero-order valence-corrected chi connectivity index (χ0v) is 12.1. The van der Waals surface area contributed by atoms with Gasteiger partial charge in [0.25, 0.3) is 0 Å². The normalized spacial score (nSPS) is 26.9. The fraction of sp³-hybridized carbons (Fsp3) is 0.600. The summed E-state index contributed by atoms with van der Waals surface area (Å²) in [4.78, 5) is 0. The summed E-state index contributed by atoms with van der Waals surface area (Å²) in [7, 11) is 2.01. The zero-order chi connectivity index (χ0) is 13.2. The van der Waals surface area contributed by atoms with Crippen molar-refractivity contribution in [3.05, 3.63) is 29.3 Å². The Morgan fingerprint density at radius 1 is 1.33 bits per heavy atom. The Hall–Kier alpha value is -0.730. The minimum absolute atomic E-state index is 0.193. The second-order valence-electron chi connectivity index (χ2n) is 5.73. The average Bonchev–Trinajstić information content (AvgIpc) is 2.31. The van der Waals surface area contributed by atoms with Gasteiger partial charge in [-0.1, -0.05) is 37.6 Å². The molecule has 3 heteroatoms. The summed E-state index contributed by atoms with van der Waals surface area (Å²) in [6.07, 6.45) is 3.72. The summed E-state index contributed by atoms with van der Waals surface area (Å²) >= 11 is 6.16. The minimum atomic E-state index is 0.193. The molecular formula is C15H22ClNO. The molecule has 0 saturated heterocycles. The van der Waals surface area contributed by atoms with E-state index >= 15 is 0 Å². The maximum absolute atomic E-state index is 6.16. The van der Waals surface area contributed by atoms with Gasteiger partial charge in [0.1, 0.15) is 11.9 Å². The third-order valence-electron chi connectivity index (χ3n) is 3.95. The van der Waals surface area contributed by atoms with Crippen molar-refractivity contribution in [1.29, 1.82) is 0 Å². The largest absolute Gasteiger partial charge is 0.487 e. The highest BCUT2D eigenvalue weighted by molar-refractivity contribution is 6.32. The lowest BCUT2D eigenvalue weighted by molar-refractivity contribution is 0.0404. The summed E-state index contributed by atoms with van der Waals surface area (Å²) in [5.41, 5.74) is 0.263. The lowest BCUT2D eigenvalue weighted by atomic mass is 9.72. The summed E-state index contributed by atoms with van der Waals surface area (Å²) < 4.78 is 6.13. The molecule has 1 aliphatic carbocycles. The molecule has 2 nitrogen and oxygen atoms in total. The van der Waals surface area contributed by atoms with Crippen molar-refractivity contribution in [2.24, 2.45) is 5.41 Å². The van der Waals surface area contributed by atoms with Crippen LogP contribution in [0.15, 0.2) is 24.3 Å². The van der Waals surface area contributed by atoms with Gasteiger partial charge in [-0.05, 0) is 43.9 Å². The van der Waals surface area contributed by atoms with Crippen molar-refractivity contribution < 1.29 is 4.74 Å². The molecule has 1 aromatic rings. The van der Waals surface area contributed by atoms with Crippen LogP contribution in [0.4, 0.5) is 0 Å². The first-order valence-corrected chi connectivity index (χ1v) is 7.01. The lowest BCUT2D eigenvalue weighted by Gasteiger charge is -2.43. The Bertz CT molecular complexity index is 405. The number of likely N-dealkylation sites (N-methyl/N-ethyl adjacent to an activating group) is 1. The van der Waals surface area contributed by atoms with Crippen molar-refractivity contribution in [3.8, 4) is 5.75 Å². The molecule has 2 rings (SSSR count). The number of para-hydroxylation sites is 1. The molecule has 0 amide bonds. The van der Waals surface area contributed by atoms with Crippen LogP contribution in [0.2, 0.25) is 5.02 Å². The summed E-state index contributed by atoms with van der Waals surface area (Å²) in [6.45, 7) is 4.60. The van der Waals surface area contributed by atoms with E-state index < -0.39 is 0 Å². The summed E-state index contributed by atoms with van der Waals surface area (Å²) in [5, 5.41) is 4.11. The lowest BCUT2D eigenvalue weighted by Crippen LogP contribution is -2.53. The van der Waals surface area contributed by atoms with Gasteiger partial charge in [-0.3, -0.25) is 0 Å². The number of ether oxygens (including phenoxy) is 1. The van der Waals surface area contributed by atoms with Crippen molar-refractivity contribution >= 4 is 11.6 Å². The number of hydrogen-bond acceptors (Lipinski definition) is 2. The number of rotatable bonds is 3. The van der Waals surface area contributed by atoms with Crippen LogP contribution in [-0.2, 0) is 0 Å². The fourth-order valence-corrected chi connectivity index (χ4v) is 3.17. The predicted molar refractivity (Wildman–Crippen MR) is 76.3 cm³/mol. The van der Waals surface area contributed by atoms with E-state index in [4.69, 9.17) is 16.3 Å². The standard InChI is InChI=1S/C15H22ClNO/c1-15(2)10-6-9-13(14(15)17-3)18-12-8-5-4-7-11(12)16/h4-5,7-8,13-14,17H,6,9-10H2,1-3H3. The van der Waals surface area contributed by atoms with Crippen LogP contribution >= 0.6 is 11.6 Å². The smallest absolute Gasteiger partial charge is 0.138 e. The molecule has 0 bridgehead atoms. The summed E-state index contributed by atoms with van der Waals surface area (Å²) in [5.74, 6) is 0.794. The quantitative estimate of drug-likeness (QED) is 0.897. The van der Waals surface area contributed by atoms with Gasteiger partial charge < -0.3 is 10.1 Å². The van der Waals surface area contributed by atoms with E-state index in [9.17, 15) is 0 Å². The number of hydrogen-bond donors (Lipinski definition) is 1.